The van der Waals surface area contributed by atoms with Gasteiger partial charge >= 0.3 is 6.18 Å². The number of rotatable bonds is 3. The Balaban J connectivity index is 3.38. The van der Waals surface area contributed by atoms with Crippen LogP contribution in [-0.2, 0) is 0 Å². The van der Waals surface area contributed by atoms with E-state index in [0.717, 1.165) is 0 Å². The fourth-order valence-corrected chi connectivity index (χ4v) is 2.52. The molecular weight excluding hydrogens is 297 g/mol. The van der Waals surface area contributed by atoms with Gasteiger partial charge in [0.1, 0.15) is 6.07 Å². The highest BCUT2D eigenvalue weighted by Crippen LogP contribution is 2.45. The zero-order chi connectivity index (χ0) is 16.4. The van der Waals surface area contributed by atoms with Gasteiger partial charge in [0.2, 0.25) is 12.1 Å². The molecule has 11 heteroatoms. The average molecular weight is 305 g/mol. The molecule has 114 valence electrons. The number of hydrogen-bond donors (Lipinski definition) is 0. The Kier molecular flexibility index (Phi) is 4.65. The molecule has 8 nitrogen and oxygen atoms in total. The molecule has 0 aliphatic heterocycles. The maximum Gasteiger partial charge on any atom is 0.392 e. The van der Waals surface area contributed by atoms with Crippen molar-refractivity contribution in [2.45, 2.75) is 31.1 Å². The normalized spacial score (nSPS) is 29.0. The van der Waals surface area contributed by atoms with Crippen LogP contribution in [0.5, 0.6) is 0 Å². The van der Waals surface area contributed by atoms with Crippen molar-refractivity contribution in [3.05, 3.63) is 31.2 Å². The minimum Gasteiger partial charge on any atom is -0.762 e. The summed E-state index contributed by atoms with van der Waals surface area (Å²) in [4.78, 5) is 19.5. The van der Waals surface area contributed by atoms with Gasteiger partial charge in [0.25, 0.3) is 0 Å². The molecule has 1 aliphatic rings. The van der Waals surface area contributed by atoms with Gasteiger partial charge in [-0.15, -0.1) is 0 Å². The fraction of sp³-hybridized carbons (Fsp3) is 0.700. The van der Waals surface area contributed by atoms with Crippen LogP contribution in [0, 0.1) is 43.4 Å². The molecular formula is C10H8F3N4O4-. The topological polar surface area (TPSA) is 132 Å². The van der Waals surface area contributed by atoms with Gasteiger partial charge in [0, 0.05) is 16.3 Å². The van der Waals surface area contributed by atoms with Crippen molar-refractivity contribution in [3.63, 3.8) is 0 Å². The van der Waals surface area contributed by atoms with Crippen molar-refractivity contribution in [2.24, 2.45) is 11.8 Å². The first-order valence-corrected chi connectivity index (χ1v) is 5.64. The van der Waals surface area contributed by atoms with Gasteiger partial charge in [-0.3, -0.25) is 26.1 Å². The summed E-state index contributed by atoms with van der Waals surface area (Å²) in [6, 6.07) is -2.49. The maximum atomic E-state index is 13.0. The van der Waals surface area contributed by atoms with E-state index in [0.29, 0.717) is 0 Å². The van der Waals surface area contributed by atoms with Gasteiger partial charge in [0.15, 0.2) is 0 Å². The lowest BCUT2D eigenvalue weighted by atomic mass is 9.70. The summed E-state index contributed by atoms with van der Waals surface area (Å²) in [7, 11) is 0. The minimum atomic E-state index is -4.98. The molecule has 0 spiro atoms. The average Bonchev–Trinajstić information content (AvgIpc) is 2.38. The van der Waals surface area contributed by atoms with E-state index in [9.17, 15) is 33.4 Å². The van der Waals surface area contributed by atoms with Crippen molar-refractivity contribution in [1.82, 2.24) is 0 Å². The third-order valence-electron chi connectivity index (χ3n) is 3.45. The minimum absolute atomic E-state index is 0.746. The summed E-state index contributed by atoms with van der Waals surface area (Å²) < 4.78 is 39.1. The molecule has 0 heterocycles. The molecule has 0 amide bonds. The lowest BCUT2D eigenvalue weighted by Gasteiger charge is -2.35. The Labute approximate surface area is 115 Å². The molecule has 1 rings (SSSR count). The van der Waals surface area contributed by atoms with Gasteiger partial charge in [-0.2, -0.15) is 18.4 Å². The largest absolute Gasteiger partial charge is 0.762 e. The van der Waals surface area contributed by atoms with E-state index in [1.54, 1.807) is 0 Å². The van der Waals surface area contributed by atoms with Crippen LogP contribution in [0.4, 0.5) is 13.2 Å². The molecule has 1 fully saturated rings. The number of hydrogen-bond acceptors (Lipinski definition) is 5. The smallest absolute Gasteiger partial charge is 0.392 e. The second-order valence-corrected chi connectivity index (χ2v) is 4.57. The van der Waals surface area contributed by atoms with Gasteiger partial charge < -0.3 is 5.41 Å². The number of alkyl halides is 3. The Morgan fingerprint density at radius 3 is 2.14 bits per heavy atom. The Morgan fingerprint density at radius 2 is 1.81 bits per heavy atom. The van der Waals surface area contributed by atoms with Crippen molar-refractivity contribution in [1.29, 1.82) is 5.26 Å². The Bertz CT molecular complexity index is 549. The lowest BCUT2D eigenvalue weighted by Crippen LogP contribution is -2.50. The molecule has 1 saturated carbocycles. The van der Waals surface area contributed by atoms with Crippen molar-refractivity contribution < 1.29 is 23.0 Å². The number of nitro groups is 2. The highest BCUT2D eigenvalue weighted by atomic mass is 19.4. The zero-order valence-corrected chi connectivity index (χ0v) is 10.3. The first-order valence-electron chi connectivity index (χ1n) is 5.64. The van der Waals surface area contributed by atoms with Crippen LogP contribution in [0.15, 0.2) is 5.57 Å². The van der Waals surface area contributed by atoms with Crippen LogP contribution >= 0.6 is 0 Å². The van der Waals surface area contributed by atoms with Crippen LogP contribution in [0.25, 0.3) is 5.41 Å². The Hall–Kier alpha value is -2.47. The lowest BCUT2D eigenvalue weighted by molar-refractivity contribution is -0.579. The van der Waals surface area contributed by atoms with E-state index in [2.05, 4.69) is 0 Å². The summed E-state index contributed by atoms with van der Waals surface area (Å²) >= 11 is 0. The predicted molar refractivity (Wildman–Crippen MR) is 61.3 cm³/mol. The van der Waals surface area contributed by atoms with Crippen molar-refractivity contribution in [3.8, 4) is 6.07 Å². The third kappa shape index (κ3) is 3.35. The zero-order valence-electron chi connectivity index (χ0n) is 10.3. The standard InChI is InChI=1S/C10H8F3N4O4/c11-10(12,13)7-1-6(16(18)19)2-8(17(20)21)9(7)5(3-14)4-15/h6-9H,1-2H2/q-1. The molecule has 4 unspecified atom stereocenters. The quantitative estimate of drug-likeness (QED) is 0.337. The molecule has 0 N–H and O–H groups in total. The fourth-order valence-electron chi connectivity index (χ4n) is 2.52. The Morgan fingerprint density at radius 1 is 1.24 bits per heavy atom. The number of nitriles is 1. The first-order chi connectivity index (χ1) is 9.63. The molecule has 4 atom stereocenters. The second-order valence-electron chi connectivity index (χ2n) is 4.57. The molecule has 0 bridgehead atoms. The van der Waals surface area contributed by atoms with E-state index in [1.165, 1.54) is 11.9 Å². The van der Waals surface area contributed by atoms with Crippen LogP contribution in [0.2, 0.25) is 0 Å². The van der Waals surface area contributed by atoms with E-state index >= 15 is 0 Å². The van der Waals surface area contributed by atoms with Gasteiger partial charge in [0.05, 0.1) is 23.8 Å². The van der Waals surface area contributed by atoms with E-state index in [-0.39, 0.29) is 0 Å². The highest BCUT2D eigenvalue weighted by molar-refractivity contribution is 5.67. The first kappa shape index (κ1) is 16.6. The van der Waals surface area contributed by atoms with Crippen molar-refractivity contribution >= 4 is 5.87 Å². The highest BCUT2D eigenvalue weighted by Gasteiger charge is 2.59. The molecule has 21 heavy (non-hydrogen) atoms. The van der Waals surface area contributed by atoms with Gasteiger partial charge in [-0.1, -0.05) is 0 Å². The second kappa shape index (κ2) is 5.88. The molecule has 0 aromatic carbocycles. The van der Waals surface area contributed by atoms with E-state index in [1.807, 2.05) is 0 Å². The molecule has 1 aliphatic carbocycles. The monoisotopic (exact) mass is 305 g/mol. The number of halogens is 3. The summed E-state index contributed by atoms with van der Waals surface area (Å²) in [6.45, 7) is 0. The molecule has 0 radical (unpaired) electrons. The summed E-state index contributed by atoms with van der Waals surface area (Å²) in [5.41, 5.74) is -0.930. The van der Waals surface area contributed by atoms with Gasteiger partial charge in [-0.05, 0) is 0 Å². The van der Waals surface area contributed by atoms with Gasteiger partial charge in [-0.25, -0.2) is 0 Å². The van der Waals surface area contributed by atoms with Crippen LogP contribution in [0.3, 0.4) is 0 Å². The molecule has 0 saturated heterocycles. The molecule has 0 aromatic heterocycles. The third-order valence-corrected chi connectivity index (χ3v) is 3.45. The SMILES string of the molecule is N#CC(=C=[N-])C1C([N+](=O)[O-])CC([N+](=O)[O-])CC1C(F)(F)F. The summed E-state index contributed by atoms with van der Waals surface area (Å²) in [5, 5.41) is 39.0. The van der Waals surface area contributed by atoms with E-state index in [4.69, 9.17) is 10.7 Å². The van der Waals surface area contributed by atoms with Crippen LogP contribution < -0.4 is 0 Å². The predicted octanol–water partition coefficient (Wildman–Crippen LogP) is 1.55. The maximum absolute atomic E-state index is 13.0. The van der Waals surface area contributed by atoms with Crippen LogP contribution in [-0.4, -0.2) is 34.0 Å². The molecule has 0 aromatic rings. The van der Waals surface area contributed by atoms with Crippen molar-refractivity contribution in [2.75, 3.05) is 0 Å². The van der Waals surface area contributed by atoms with E-state index < -0.39 is 58.4 Å². The number of nitrogens with zero attached hydrogens (tertiary/aromatic N) is 4. The van der Waals surface area contributed by atoms with Crippen LogP contribution in [0.1, 0.15) is 12.8 Å². The summed E-state index contributed by atoms with van der Waals surface area (Å²) in [6.07, 6.45) is -6.71. The summed E-state index contributed by atoms with van der Waals surface area (Å²) in [5.74, 6) is -3.23.